The Bertz CT molecular complexity index is 881. The van der Waals surface area contributed by atoms with Crippen molar-refractivity contribution in [3.8, 4) is 0 Å². The number of allylic oxidation sites excluding steroid dienone is 2. The van der Waals surface area contributed by atoms with Gasteiger partial charge in [-0.3, -0.25) is 4.79 Å². The van der Waals surface area contributed by atoms with Gasteiger partial charge in [-0.15, -0.1) is 0 Å². The van der Waals surface area contributed by atoms with Gasteiger partial charge in [0.25, 0.3) is 0 Å². The highest BCUT2D eigenvalue weighted by Gasteiger charge is 2.52. The summed E-state index contributed by atoms with van der Waals surface area (Å²) in [5.41, 5.74) is 4.74. The van der Waals surface area contributed by atoms with E-state index in [9.17, 15) is 4.79 Å². The average Bonchev–Trinajstić information content (AvgIpc) is 3.08. The first-order chi connectivity index (χ1) is 12.9. The van der Waals surface area contributed by atoms with E-state index in [1.54, 1.807) is 7.11 Å². The minimum atomic E-state index is -0.480. The molecule has 3 aliphatic rings. The zero-order chi connectivity index (χ0) is 19.2. The standard InChI is InChI=1S/C22H27N3O2/c1-5-22(15-8-6-7-14(9-15)13-27-4)16-12-23-25-20(16)24-17-10-21(2,3)11-18(26)19(17)22/h6-9,12,20,24H,5,10-11,13H2,1-4H3/t20?,22-/m0/s1. The molecule has 2 atom stereocenters. The second kappa shape index (κ2) is 6.41. The Balaban J connectivity index is 1.95. The number of ether oxygens (including phenoxy) is 1. The van der Waals surface area contributed by atoms with Crippen molar-refractivity contribution >= 4 is 5.78 Å². The first-order valence-electron chi connectivity index (χ1n) is 9.63. The molecule has 142 valence electrons. The summed E-state index contributed by atoms with van der Waals surface area (Å²) < 4.78 is 5.34. The van der Waals surface area contributed by atoms with Gasteiger partial charge in [-0.25, -0.2) is 0 Å². The summed E-state index contributed by atoms with van der Waals surface area (Å²) in [6.45, 7) is 7.02. The number of nitrogens with one attached hydrogen (secondary N) is 1. The summed E-state index contributed by atoms with van der Waals surface area (Å²) in [6.07, 6.45) is 3.88. The third-order valence-electron chi connectivity index (χ3n) is 6.04. The smallest absolute Gasteiger partial charge is 0.164 e. The summed E-state index contributed by atoms with van der Waals surface area (Å²) in [5, 5.41) is 12.1. The van der Waals surface area contributed by atoms with Gasteiger partial charge in [0.2, 0.25) is 0 Å². The molecule has 1 aromatic carbocycles. The van der Waals surface area contributed by atoms with Crippen LogP contribution in [-0.4, -0.2) is 19.1 Å². The summed E-state index contributed by atoms with van der Waals surface area (Å²) in [6, 6.07) is 8.42. The molecule has 0 fully saturated rings. The van der Waals surface area contributed by atoms with E-state index in [1.165, 1.54) is 0 Å². The fraction of sp³-hybridized carbons (Fsp3) is 0.500. The van der Waals surface area contributed by atoms with Crippen molar-refractivity contribution in [2.75, 3.05) is 7.11 Å². The Morgan fingerprint density at radius 1 is 1.30 bits per heavy atom. The molecule has 2 aliphatic heterocycles. The van der Waals surface area contributed by atoms with Crippen LogP contribution in [0.1, 0.15) is 51.2 Å². The molecule has 5 nitrogen and oxygen atoms in total. The number of hydrogen-bond acceptors (Lipinski definition) is 5. The summed E-state index contributed by atoms with van der Waals surface area (Å²) in [5.74, 6) is 0.235. The van der Waals surface area contributed by atoms with E-state index in [1.807, 2.05) is 6.20 Å². The molecule has 0 spiro atoms. The minimum Gasteiger partial charge on any atom is -0.380 e. The monoisotopic (exact) mass is 365 g/mol. The Morgan fingerprint density at radius 3 is 2.85 bits per heavy atom. The number of carbonyl (C=O) groups is 1. The highest BCUT2D eigenvalue weighted by atomic mass is 16.5. The van der Waals surface area contributed by atoms with Crippen LogP contribution in [-0.2, 0) is 21.6 Å². The molecule has 1 N–H and O–H groups in total. The first kappa shape index (κ1) is 18.1. The Hall–Kier alpha value is -2.27. The molecule has 5 heteroatoms. The molecular formula is C22H27N3O2. The number of Topliss-reactive ketones (excluding diaryl/α,β-unsaturated/α-hetero) is 1. The van der Waals surface area contributed by atoms with Crippen LogP contribution in [0.15, 0.2) is 57.5 Å². The molecule has 0 radical (unpaired) electrons. The van der Waals surface area contributed by atoms with Gasteiger partial charge in [0, 0.05) is 30.4 Å². The second-order valence-electron chi connectivity index (χ2n) is 8.55. The van der Waals surface area contributed by atoms with Crippen molar-refractivity contribution in [1.82, 2.24) is 5.32 Å². The van der Waals surface area contributed by atoms with E-state index in [0.717, 1.165) is 40.8 Å². The lowest BCUT2D eigenvalue weighted by Crippen LogP contribution is -2.51. The van der Waals surface area contributed by atoms with Crippen molar-refractivity contribution in [3.05, 3.63) is 58.4 Å². The molecule has 0 aromatic heterocycles. The van der Waals surface area contributed by atoms with Crippen molar-refractivity contribution < 1.29 is 9.53 Å². The molecule has 0 amide bonds. The Labute approximate surface area is 160 Å². The number of carbonyl (C=O) groups excluding carboxylic acids is 1. The maximum atomic E-state index is 13.4. The number of azo groups is 1. The molecule has 27 heavy (non-hydrogen) atoms. The van der Waals surface area contributed by atoms with Gasteiger partial charge in [0.15, 0.2) is 11.9 Å². The number of rotatable bonds is 4. The molecular weight excluding hydrogens is 338 g/mol. The molecule has 1 aromatic rings. The van der Waals surface area contributed by atoms with E-state index < -0.39 is 5.41 Å². The van der Waals surface area contributed by atoms with Gasteiger partial charge in [0.1, 0.15) is 0 Å². The fourth-order valence-corrected chi connectivity index (χ4v) is 4.98. The predicted molar refractivity (Wildman–Crippen MR) is 104 cm³/mol. The van der Waals surface area contributed by atoms with Gasteiger partial charge in [-0.2, -0.15) is 10.2 Å². The summed E-state index contributed by atoms with van der Waals surface area (Å²) in [4.78, 5) is 13.4. The highest BCUT2D eigenvalue weighted by molar-refractivity contribution is 6.01. The summed E-state index contributed by atoms with van der Waals surface area (Å²) >= 11 is 0. The number of fused-ring (bicyclic) bond motifs is 1. The quantitative estimate of drug-likeness (QED) is 0.860. The van der Waals surface area contributed by atoms with Gasteiger partial charge in [-0.1, -0.05) is 45.0 Å². The van der Waals surface area contributed by atoms with E-state index in [2.05, 4.69) is 60.6 Å². The van der Waals surface area contributed by atoms with E-state index in [4.69, 9.17) is 4.74 Å². The Morgan fingerprint density at radius 2 is 2.11 bits per heavy atom. The average molecular weight is 365 g/mol. The van der Waals surface area contributed by atoms with Crippen LogP contribution in [0.4, 0.5) is 0 Å². The van der Waals surface area contributed by atoms with Gasteiger partial charge in [0.05, 0.1) is 18.2 Å². The molecule has 4 rings (SSSR count). The molecule has 2 heterocycles. The van der Waals surface area contributed by atoms with Crippen LogP contribution in [0, 0.1) is 5.41 Å². The van der Waals surface area contributed by atoms with Crippen molar-refractivity contribution in [2.24, 2.45) is 15.6 Å². The largest absolute Gasteiger partial charge is 0.380 e. The maximum Gasteiger partial charge on any atom is 0.164 e. The van der Waals surface area contributed by atoms with Crippen LogP contribution >= 0.6 is 0 Å². The zero-order valence-corrected chi connectivity index (χ0v) is 16.5. The van der Waals surface area contributed by atoms with E-state index in [0.29, 0.717) is 13.0 Å². The molecule has 0 saturated heterocycles. The molecule has 0 bridgehead atoms. The SMILES string of the molecule is CC[C@]1(c2cccc(COC)c2)C2=CN=NC2NC2=C1C(=O)CC(C)(C)C2. The number of methoxy groups -OCH3 is 1. The second-order valence-corrected chi connectivity index (χ2v) is 8.55. The van der Waals surface area contributed by atoms with Crippen LogP contribution in [0.2, 0.25) is 0 Å². The number of ketones is 1. The van der Waals surface area contributed by atoms with Crippen LogP contribution in [0.25, 0.3) is 0 Å². The lowest BCUT2D eigenvalue weighted by Gasteiger charge is -2.47. The third-order valence-corrected chi connectivity index (χ3v) is 6.04. The zero-order valence-electron chi connectivity index (χ0n) is 16.5. The van der Waals surface area contributed by atoms with E-state index in [-0.39, 0.29) is 17.4 Å². The van der Waals surface area contributed by atoms with Gasteiger partial charge >= 0.3 is 0 Å². The fourth-order valence-electron chi connectivity index (χ4n) is 4.98. The van der Waals surface area contributed by atoms with Gasteiger partial charge in [-0.05, 0) is 29.4 Å². The summed E-state index contributed by atoms with van der Waals surface area (Å²) in [7, 11) is 1.70. The Kier molecular flexibility index (Phi) is 4.30. The number of hydrogen-bond donors (Lipinski definition) is 1. The molecule has 0 saturated carbocycles. The lowest BCUT2D eigenvalue weighted by atomic mass is 9.59. The third kappa shape index (κ3) is 2.76. The normalized spacial score (nSPS) is 28.5. The highest BCUT2D eigenvalue weighted by Crippen LogP contribution is 2.53. The van der Waals surface area contributed by atoms with Crippen molar-refractivity contribution in [3.63, 3.8) is 0 Å². The first-order valence-corrected chi connectivity index (χ1v) is 9.63. The van der Waals surface area contributed by atoms with Crippen LogP contribution in [0.3, 0.4) is 0 Å². The number of nitrogens with zero attached hydrogens (tertiary/aromatic N) is 2. The van der Waals surface area contributed by atoms with Crippen LogP contribution in [0.5, 0.6) is 0 Å². The van der Waals surface area contributed by atoms with Crippen LogP contribution < -0.4 is 5.32 Å². The topological polar surface area (TPSA) is 63.1 Å². The predicted octanol–water partition coefficient (Wildman–Crippen LogP) is 4.40. The minimum absolute atomic E-state index is 0.0444. The van der Waals surface area contributed by atoms with Crippen molar-refractivity contribution in [1.29, 1.82) is 0 Å². The van der Waals surface area contributed by atoms with Gasteiger partial charge < -0.3 is 10.1 Å². The maximum absolute atomic E-state index is 13.4. The lowest BCUT2D eigenvalue weighted by molar-refractivity contribution is -0.119. The van der Waals surface area contributed by atoms with E-state index >= 15 is 0 Å². The molecule has 1 unspecified atom stereocenters. The van der Waals surface area contributed by atoms with Crippen molar-refractivity contribution in [2.45, 2.75) is 58.2 Å². The molecule has 1 aliphatic carbocycles. The number of benzene rings is 1.